The van der Waals surface area contributed by atoms with Gasteiger partial charge in [0.1, 0.15) is 17.7 Å². The Morgan fingerprint density at radius 3 is 2.91 bits per heavy atom. The zero-order valence-electron chi connectivity index (χ0n) is 12.2. The number of aromatic amines is 1. The normalized spacial score (nSPS) is 22.1. The van der Waals surface area contributed by atoms with E-state index in [4.69, 9.17) is 4.74 Å². The van der Waals surface area contributed by atoms with Crippen LogP contribution in [0, 0.1) is 0 Å². The van der Waals surface area contributed by atoms with Crippen LogP contribution in [0.3, 0.4) is 0 Å². The molecule has 4 rings (SSSR count). The van der Waals surface area contributed by atoms with Gasteiger partial charge in [-0.3, -0.25) is 9.89 Å². The standard InChI is InChI=1S/C16H18N4O2/c21-15(14-17-10-18-20-14)19-12-9-16(7-3-4-8-16)22-13-6-2-1-5-11(12)13/h1-2,5-6,10,12H,3-4,7-9H2,(H,19,21)(H,17,18,20). The lowest BCUT2D eigenvalue weighted by molar-refractivity contribution is 0.0359. The quantitative estimate of drug-likeness (QED) is 0.892. The number of H-pyrrole nitrogens is 1. The number of aromatic nitrogens is 3. The molecule has 2 aliphatic rings. The third-order valence-electron chi connectivity index (χ3n) is 4.65. The lowest BCUT2D eigenvalue weighted by Crippen LogP contribution is -2.43. The smallest absolute Gasteiger partial charge is 0.289 e. The molecule has 1 aromatic heterocycles. The summed E-state index contributed by atoms with van der Waals surface area (Å²) in [5.41, 5.74) is 0.904. The van der Waals surface area contributed by atoms with Crippen LogP contribution in [0.25, 0.3) is 0 Å². The Kier molecular flexibility index (Phi) is 3.10. The second kappa shape index (κ2) is 5.12. The summed E-state index contributed by atoms with van der Waals surface area (Å²) in [4.78, 5) is 16.2. The van der Waals surface area contributed by atoms with Gasteiger partial charge < -0.3 is 10.1 Å². The highest BCUT2D eigenvalue weighted by molar-refractivity contribution is 5.90. The summed E-state index contributed by atoms with van der Waals surface area (Å²) in [6, 6.07) is 7.90. The number of para-hydroxylation sites is 1. The number of benzene rings is 1. The fourth-order valence-corrected chi connectivity index (χ4v) is 3.61. The predicted molar refractivity (Wildman–Crippen MR) is 79.5 cm³/mol. The zero-order valence-corrected chi connectivity index (χ0v) is 12.2. The average Bonchev–Trinajstić information content (AvgIpc) is 3.19. The number of nitrogens with zero attached hydrogens (tertiary/aromatic N) is 2. The second-order valence-electron chi connectivity index (χ2n) is 6.09. The molecule has 22 heavy (non-hydrogen) atoms. The molecule has 2 aromatic rings. The molecule has 1 unspecified atom stereocenters. The first-order chi connectivity index (χ1) is 10.8. The van der Waals surface area contributed by atoms with Gasteiger partial charge in [-0.15, -0.1) is 0 Å². The second-order valence-corrected chi connectivity index (χ2v) is 6.09. The van der Waals surface area contributed by atoms with Crippen LogP contribution < -0.4 is 10.1 Å². The van der Waals surface area contributed by atoms with Crippen molar-refractivity contribution in [1.29, 1.82) is 0 Å². The number of fused-ring (bicyclic) bond motifs is 1. The van der Waals surface area contributed by atoms with Gasteiger partial charge in [0.05, 0.1) is 6.04 Å². The van der Waals surface area contributed by atoms with Gasteiger partial charge in [0.15, 0.2) is 0 Å². The fraction of sp³-hybridized carbons (Fsp3) is 0.438. The van der Waals surface area contributed by atoms with Crippen LogP contribution in [0.1, 0.15) is 54.3 Å². The van der Waals surface area contributed by atoms with Crippen LogP contribution in [-0.4, -0.2) is 26.7 Å². The van der Waals surface area contributed by atoms with E-state index in [-0.39, 0.29) is 23.4 Å². The SMILES string of the molecule is O=C(NC1CC2(CCCC2)Oc2ccccc21)c1ncn[nH]1. The van der Waals surface area contributed by atoms with Crippen LogP contribution in [0.15, 0.2) is 30.6 Å². The third-order valence-corrected chi connectivity index (χ3v) is 4.65. The van der Waals surface area contributed by atoms with Gasteiger partial charge in [0, 0.05) is 12.0 Å². The predicted octanol–water partition coefficient (Wildman–Crippen LogP) is 2.37. The molecule has 1 spiro atoms. The Morgan fingerprint density at radius 2 is 2.14 bits per heavy atom. The molecule has 1 amide bonds. The van der Waals surface area contributed by atoms with Gasteiger partial charge in [-0.05, 0) is 31.7 Å². The van der Waals surface area contributed by atoms with Crippen molar-refractivity contribution in [2.24, 2.45) is 0 Å². The third kappa shape index (κ3) is 2.24. The van der Waals surface area contributed by atoms with Crippen LogP contribution >= 0.6 is 0 Å². The Balaban J connectivity index is 1.63. The molecule has 6 heteroatoms. The van der Waals surface area contributed by atoms with Crippen LogP contribution in [0.4, 0.5) is 0 Å². The van der Waals surface area contributed by atoms with E-state index in [0.717, 1.165) is 30.6 Å². The first-order valence-corrected chi connectivity index (χ1v) is 7.70. The van der Waals surface area contributed by atoms with Gasteiger partial charge in [-0.25, -0.2) is 4.98 Å². The maximum Gasteiger partial charge on any atom is 0.289 e. The molecule has 0 radical (unpaired) electrons. The molecule has 1 fully saturated rings. The van der Waals surface area contributed by atoms with Gasteiger partial charge in [0.25, 0.3) is 5.91 Å². The first-order valence-electron chi connectivity index (χ1n) is 7.70. The Bertz CT molecular complexity index is 677. The molecule has 0 saturated heterocycles. The molecule has 1 aliphatic heterocycles. The van der Waals surface area contributed by atoms with E-state index < -0.39 is 0 Å². The van der Waals surface area contributed by atoms with Crippen molar-refractivity contribution in [2.45, 2.75) is 43.7 Å². The van der Waals surface area contributed by atoms with Gasteiger partial charge in [-0.1, -0.05) is 18.2 Å². The number of hydrogen-bond donors (Lipinski definition) is 2. The molecule has 2 heterocycles. The molecule has 1 aliphatic carbocycles. The van der Waals surface area contributed by atoms with Crippen molar-refractivity contribution in [3.05, 3.63) is 42.0 Å². The number of nitrogens with one attached hydrogen (secondary N) is 2. The number of hydrogen-bond acceptors (Lipinski definition) is 4. The van der Waals surface area contributed by atoms with E-state index in [2.05, 4.69) is 20.5 Å². The summed E-state index contributed by atoms with van der Waals surface area (Å²) in [6.45, 7) is 0. The number of carbonyl (C=O) groups is 1. The van der Waals surface area contributed by atoms with E-state index in [1.807, 2.05) is 24.3 Å². The topological polar surface area (TPSA) is 79.9 Å². The van der Waals surface area contributed by atoms with Crippen LogP contribution in [-0.2, 0) is 0 Å². The van der Waals surface area contributed by atoms with E-state index in [1.54, 1.807) is 0 Å². The summed E-state index contributed by atoms with van der Waals surface area (Å²) in [7, 11) is 0. The summed E-state index contributed by atoms with van der Waals surface area (Å²) >= 11 is 0. The van der Waals surface area contributed by atoms with Crippen molar-refractivity contribution in [2.75, 3.05) is 0 Å². The van der Waals surface area contributed by atoms with E-state index in [0.29, 0.717) is 0 Å². The van der Waals surface area contributed by atoms with Crippen molar-refractivity contribution >= 4 is 5.91 Å². The molecule has 0 bridgehead atoms. The molecule has 1 aromatic carbocycles. The van der Waals surface area contributed by atoms with E-state index in [9.17, 15) is 4.79 Å². The van der Waals surface area contributed by atoms with Crippen LogP contribution in [0.5, 0.6) is 5.75 Å². The van der Waals surface area contributed by atoms with Crippen molar-refractivity contribution < 1.29 is 9.53 Å². The highest BCUT2D eigenvalue weighted by Gasteiger charge is 2.43. The van der Waals surface area contributed by atoms with Crippen molar-refractivity contribution in [1.82, 2.24) is 20.5 Å². The van der Waals surface area contributed by atoms with E-state index in [1.165, 1.54) is 19.2 Å². The van der Waals surface area contributed by atoms with Gasteiger partial charge >= 0.3 is 0 Å². The number of ether oxygens (including phenoxy) is 1. The monoisotopic (exact) mass is 298 g/mol. The maximum absolute atomic E-state index is 12.3. The molecule has 6 nitrogen and oxygen atoms in total. The zero-order chi connectivity index (χ0) is 15.0. The Hall–Kier alpha value is -2.37. The highest BCUT2D eigenvalue weighted by atomic mass is 16.5. The minimum absolute atomic E-state index is 0.0550. The molecular formula is C16H18N4O2. The highest BCUT2D eigenvalue weighted by Crippen LogP contribution is 2.46. The number of amides is 1. The Morgan fingerprint density at radius 1 is 1.32 bits per heavy atom. The lowest BCUT2D eigenvalue weighted by atomic mass is 9.86. The van der Waals surface area contributed by atoms with Crippen molar-refractivity contribution in [3.63, 3.8) is 0 Å². The van der Waals surface area contributed by atoms with Crippen molar-refractivity contribution in [3.8, 4) is 5.75 Å². The largest absolute Gasteiger partial charge is 0.487 e. The molecule has 1 saturated carbocycles. The van der Waals surface area contributed by atoms with E-state index >= 15 is 0 Å². The first kappa shape index (κ1) is 13.3. The Labute approximate surface area is 128 Å². The number of rotatable bonds is 2. The molecule has 114 valence electrons. The summed E-state index contributed by atoms with van der Waals surface area (Å²) in [6.07, 6.45) is 6.62. The minimum atomic E-state index is -0.229. The number of carbonyl (C=O) groups excluding carboxylic acids is 1. The fourth-order valence-electron chi connectivity index (χ4n) is 3.61. The lowest BCUT2D eigenvalue weighted by Gasteiger charge is -2.40. The van der Waals surface area contributed by atoms with Gasteiger partial charge in [0.2, 0.25) is 5.82 Å². The molecule has 1 atom stereocenters. The summed E-state index contributed by atoms with van der Waals surface area (Å²) in [5.74, 6) is 0.898. The van der Waals surface area contributed by atoms with Crippen LogP contribution in [0.2, 0.25) is 0 Å². The summed E-state index contributed by atoms with van der Waals surface area (Å²) < 4.78 is 6.30. The average molecular weight is 298 g/mol. The van der Waals surface area contributed by atoms with Gasteiger partial charge in [-0.2, -0.15) is 5.10 Å². The minimum Gasteiger partial charge on any atom is -0.487 e. The molecular weight excluding hydrogens is 280 g/mol. The summed E-state index contributed by atoms with van der Waals surface area (Å²) in [5, 5.41) is 9.41. The maximum atomic E-state index is 12.3. The molecule has 2 N–H and O–H groups in total.